The third kappa shape index (κ3) is 0.581. The first kappa shape index (κ1) is 7.24. The van der Waals surface area contributed by atoms with Crippen LogP contribution in [0.4, 0.5) is 0 Å². The van der Waals surface area contributed by atoms with Gasteiger partial charge in [0, 0.05) is 13.0 Å². The van der Waals surface area contributed by atoms with Crippen LogP contribution in [0.15, 0.2) is 0 Å². The van der Waals surface area contributed by atoms with Gasteiger partial charge in [-0.1, -0.05) is 0 Å². The SMILES string of the molecule is COC[C@@H]1[C@@H](O)[C@H]2[C@@H]3C[C@H]4[C@@H]([C@H]13)[C@H]42. The zero-order chi connectivity index (χ0) is 8.74. The van der Waals surface area contributed by atoms with Crippen LogP contribution in [0.2, 0.25) is 0 Å². The van der Waals surface area contributed by atoms with Gasteiger partial charge in [-0.15, -0.1) is 0 Å². The molecule has 0 aromatic heterocycles. The lowest BCUT2D eigenvalue weighted by molar-refractivity contribution is 0.0101. The van der Waals surface area contributed by atoms with Crippen molar-refractivity contribution in [2.24, 2.45) is 41.4 Å². The van der Waals surface area contributed by atoms with Crippen LogP contribution in [0.5, 0.6) is 0 Å². The van der Waals surface area contributed by atoms with Crippen molar-refractivity contribution in [3.63, 3.8) is 0 Å². The standard InChI is InChI=1S/C11H16O2/c1-13-3-6-7-4-2-5-8(7)9(5)10(4)11(6)12/h4-12H,2-3H2,1H3/t4-,5+,6+,7+,8+,9+,10+,11-/m1/s1. The van der Waals surface area contributed by atoms with E-state index in [0.29, 0.717) is 11.8 Å². The number of hydrogen-bond acceptors (Lipinski definition) is 2. The third-order valence-electron chi connectivity index (χ3n) is 5.40. The summed E-state index contributed by atoms with van der Waals surface area (Å²) in [5.41, 5.74) is 0. The predicted molar refractivity (Wildman–Crippen MR) is 46.9 cm³/mol. The molecule has 0 radical (unpaired) electrons. The van der Waals surface area contributed by atoms with Crippen molar-refractivity contribution < 1.29 is 9.84 Å². The van der Waals surface area contributed by atoms with Crippen LogP contribution in [-0.4, -0.2) is 24.9 Å². The zero-order valence-corrected chi connectivity index (χ0v) is 7.89. The summed E-state index contributed by atoms with van der Waals surface area (Å²) in [6.45, 7) is 0.786. The summed E-state index contributed by atoms with van der Waals surface area (Å²) >= 11 is 0. The summed E-state index contributed by atoms with van der Waals surface area (Å²) in [4.78, 5) is 0. The molecule has 2 heteroatoms. The summed E-state index contributed by atoms with van der Waals surface area (Å²) in [6, 6.07) is 0. The molecular weight excluding hydrogens is 164 g/mol. The first-order valence-electron chi connectivity index (χ1n) is 5.51. The van der Waals surface area contributed by atoms with Crippen LogP contribution in [-0.2, 0) is 4.74 Å². The minimum Gasteiger partial charge on any atom is -0.392 e. The average Bonchev–Trinajstić information content (AvgIpc) is 2.56. The van der Waals surface area contributed by atoms with Gasteiger partial charge in [-0.25, -0.2) is 0 Å². The molecule has 5 fully saturated rings. The van der Waals surface area contributed by atoms with Crippen molar-refractivity contribution in [3.05, 3.63) is 0 Å². The van der Waals surface area contributed by atoms with Gasteiger partial charge in [0.05, 0.1) is 12.7 Å². The summed E-state index contributed by atoms with van der Waals surface area (Å²) < 4.78 is 5.22. The van der Waals surface area contributed by atoms with Crippen molar-refractivity contribution in [2.75, 3.05) is 13.7 Å². The lowest BCUT2D eigenvalue weighted by Gasteiger charge is -2.25. The lowest BCUT2D eigenvalue weighted by Crippen LogP contribution is -2.31. The topological polar surface area (TPSA) is 29.5 Å². The minimum absolute atomic E-state index is 0.0244. The van der Waals surface area contributed by atoms with Crippen molar-refractivity contribution in [3.8, 4) is 0 Å². The third-order valence-corrected chi connectivity index (χ3v) is 5.40. The number of rotatable bonds is 2. The molecule has 5 rings (SSSR count). The van der Waals surface area contributed by atoms with E-state index in [4.69, 9.17) is 4.74 Å². The maximum atomic E-state index is 10.1. The Kier molecular flexibility index (Phi) is 1.09. The number of methoxy groups -OCH3 is 1. The van der Waals surface area contributed by atoms with Crippen LogP contribution in [0.25, 0.3) is 0 Å². The smallest absolute Gasteiger partial charge is 0.0627 e. The quantitative estimate of drug-likeness (QED) is 0.679. The van der Waals surface area contributed by atoms with Crippen LogP contribution >= 0.6 is 0 Å². The van der Waals surface area contributed by atoms with E-state index in [2.05, 4.69) is 0 Å². The Hall–Kier alpha value is -0.0800. The highest BCUT2D eigenvalue weighted by atomic mass is 16.5. The Morgan fingerprint density at radius 2 is 1.85 bits per heavy atom. The van der Waals surface area contributed by atoms with E-state index in [1.165, 1.54) is 6.42 Å². The normalized spacial score (nSPS) is 70.6. The molecule has 0 spiro atoms. The Morgan fingerprint density at radius 3 is 2.46 bits per heavy atom. The van der Waals surface area contributed by atoms with Crippen molar-refractivity contribution >= 4 is 0 Å². The van der Waals surface area contributed by atoms with E-state index < -0.39 is 0 Å². The molecular formula is C11H16O2. The number of aliphatic hydroxyl groups excluding tert-OH is 1. The molecule has 5 aliphatic rings. The van der Waals surface area contributed by atoms with Crippen LogP contribution in [0.3, 0.4) is 0 Å². The highest BCUT2D eigenvalue weighted by molar-refractivity contribution is 5.27. The first-order valence-corrected chi connectivity index (χ1v) is 5.51. The molecule has 5 aliphatic carbocycles. The van der Waals surface area contributed by atoms with E-state index in [1.807, 2.05) is 0 Å². The molecule has 0 amide bonds. The number of hydrogen-bond donors (Lipinski definition) is 1. The number of ether oxygens (including phenoxy) is 1. The van der Waals surface area contributed by atoms with Crippen LogP contribution < -0.4 is 0 Å². The first-order chi connectivity index (χ1) is 6.34. The maximum Gasteiger partial charge on any atom is 0.0627 e. The molecule has 2 nitrogen and oxygen atoms in total. The molecule has 0 aromatic carbocycles. The van der Waals surface area contributed by atoms with E-state index in [9.17, 15) is 5.11 Å². The highest BCUT2D eigenvalue weighted by Crippen LogP contribution is 2.81. The van der Waals surface area contributed by atoms with Gasteiger partial charge in [0.15, 0.2) is 0 Å². The van der Waals surface area contributed by atoms with Gasteiger partial charge in [-0.2, -0.15) is 0 Å². The maximum absolute atomic E-state index is 10.1. The Balaban J connectivity index is 1.70. The molecule has 6 bridgehead atoms. The van der Waals surface area contributed by atoms with Crippen molar-refractivity contribution in [1.29, 1.82) is 0 Å². The molecule has 0 heterocycles. The monoisotopic (exact) mass is 180 g/mol. The second kappa shape index (κ2) is 1.96. The molecule has 0 saturated heterocycles. The second-order valence-corrected chi connectivity index (χ2v) is 5.48. The Bertz CT molecular complexity index is 265. The van der Waals surface area contributed by atoms with Gasteiger partial charge in [0.1, 0.15) is 0 Å². The van der Waals surface area contributed by atoms with Crippen LogP contribution in [0.1, 0.15) is 6.42 Å². The van der Waals surface area contributed by atoms with E-state index in [0.717, 1.165) is 36.2 Å². The summed E-state index contributed by atoms with van der Waals surface area (Å²) in [7, 11) is 1.76. The molecule has 0 unspecified atom stereocenters. The molecule has 72 valence electrons. The van der Waals surface area contributed by atoms with Gasteiger partial charge in [0.25, 0.3) is 0 Å². The van der Waals surface area contributed by atoms with Crippen LogP contribution in [0, 0.1) is 41.4 Å². The zero-order valence-electron chi connectivity index (χ0n) is 7.89. The van der Waals surface area contributed by atoms with E-state index in [1.54, 1.807) is 7.11 Å². The van der Waals surface area contributed by atoms with Gasteiger partial charge >= 0.3 is 0 Å². The Labute approximate surface area is 78.3 Å². The van der Waals surface area contributed by atoms with Crippen molar-refractivity contribution in [1.82, 2.24) is 0 Å². The molecule has 5 saturated carbocycles. The lowest BCUT2D eigenvalue weighted by atomic mass is 9.87. The van der Waals surface area contributed by atoms with E-state index >= 15 is 0 Å². The molecule has 1 N–H and O–H groups in total. The molecule has 13 heavy (non-hydrogen) atoms. The van der Waals surface area contributed by atoms with Gasteiger partial charge in [0.2, 0.25) is 0 Å². The summed E-state index contributed by atoms with van der Waals surface area (Å²) in [6.07, 6.45) is 1.41. The van der Waals surface area contributed by atoms with Gasteiger partial charge < -0.3 is 9.84 Å². The second-order valence-electron chi connectivity index (χ2n) is 5.48. The fraction of sp³-hybridized carbons (Fsp3) is 1.00. The predicted octanol–water partition coefficient (Wildman–Crippen LogP) is 0.752. The average molecular weight is 180 g/mol. The van der Waals surface area contributed by atoms with Gasteiger partial charge in [-0.3, -0.25) is 0 Å². The minimum atomic E-state index is -0.0244. The largest absolute Gasteiger partial charge is 0.392 e. The molecule has 0 aromatic rings. The Morgan fingerprint density at radius 1 is 1.15 bits per heavy atom. The van der Waals surface area contributed by atoms with E-state index in [-0.39, 0.29) is 6.10 Å². The fourth-order valence-electron chi connectivity index (χ4n) is 5.28. The van der Waals surface area contributed by atoms with Gasteiger partial charge in [-0.05, 0) is 41.9 Å². The molecule has 8 atom stereocenters. The number of aliphatic hydroxyl groups is 1. The molecule has 0 aliphatic heterocycles. The highest BCUT2D eigenvalue weighted by Gasteiger charge is 2.80. The fourth-order valence-corrected chi connectivity index (χ4v) is 5.28. The summed E-state index contributed by atoms with van der Waals surface area (Å²) in [5.74, 6) is 5.87. The summed E-state index contributed by atoms with van der Waals surface area (Å²) in [5, 5.41) is 10.1. The van der Waals surface area contributed by atoms with Crippen molar-refractivity contribution in [2.45, 2.75) is 12.5 Å².